The first-order chi connectivity index (χ1) is 17.6. The molecule has 1 aromatic heterocycles. The van der Waals surface area contributed by atoms with Crippen molar-refractivity contribution in [2.45, 2.75) is 38.0 Å². The Labute approximate surface area is 210 Å². The number of imidazole rings is 1. The Hall–Kier alpha value is -4.23. The quantitative estimate of drug-likeness (QED) is 0.406. The van der Waals surface area contributed by atoms with Crippen LogP contribution in [0.3, 0.4) is 0 Å². The predicted octanol–water partition coefficient (Wildman–Crippen LogP) is 3.01. The highest BCUT2D eigenvalue weighted by molar-refractivity contribution is 5.89. The van der Waals surface area contributed by atoms with Crippen molar-refractivity contribution >= 4 is 11.8 Å². The van der Waals surface area contributed by atoms with Gasteiger partial charge in [-0.15, -0.1) is 0 Å². The van der Waals surface area contributed by atoms with Gasteiger partial charge in [0, 0.05) is 37.6 Å². The minimum atomic E-state index is -0.770. The van der Waals surface area contributed by atoms with E-state index in [2.05, 4.69) is 39.5 Å². The van der Waals surface area contributed by atoms with Gasteiger partial charge in [0.1, 0.15) is 6.04 Å². The molecule has 2 atom stereocenters. The lowest BCUT2D eigenvalue weighted by Gasteiger charge is -2.36. The topological polar surface area (TPSA) is 93.2 Å². The van der Waals surface area contributed by atoms with Crippen LogP contribution in [-0.4, -0.2) is 38.3 Å². The number of rotatable bonds is 8. The molecule has 0 fully saturated rings. The zero-order valence-electron chi connectivity index (χ0n) is 20.0. The summed E-state index contributed by atoms with van der Waals surface area (Å²) in [5.41, 5.74) is 11.1. The summed E-state index contributed by atoms with van der Waals surface area (Å²) >= 11 is 0. The molecule has 3 aromatic carbocycles. The Bertz CT molecular complexity index is 1320. The molecule has 5 rings (SSSR count). The Balaban J connectivity index is 1.35. The largest absolute Gasteiger partial charge is 0.368 e. The second-order valence-corrected chi connectivity index (χ2v) is 9.18. The van der Waals surface area contributed by atoms with Crippen LogP contribution in [0.2, 0.25) is 0 Å². The number of nitrogens with one attached hydrogen (secondary N) is 1. The Morgan fingerprint density at radius 1 is 0.944 bits per heavy atom. The zero-order chi connectivity index (χ0) is 24.9. The number of aromatic nitrogens is 2. The normalized spacial score (nSPS) is 16.2. The average molecular weight is 480 g/mol. The fraction of sp³-hybridized carbons (Fsp3) is 0.207. The van der Waals surface area contributed by atoms with Gasteiger partial charge in [-0.1, -0.05) is 66.7 Å². The van der Waals surface area contributed by atoms with Crippen LogP contribution >= 0.6 is 0 Å². The lowest BCUT2D eigenvalue weighted by Crippen LogP contribution is -2.55. The number of carbonyl (C=O) groups excluding carboxylic acids is 2. The number of carbonyl (C=O) groups is 2. The molecule has 4 aromatic rings. The highest BCUT2D eigenvalue weighted by Gasteiger charge is 2.33. The van der Waals surface area contributed by atoms with Gasteiger partial charge < -0.3 is 15.6 Å². The van der Waals surface area contributed by atoms with E-state index in [4.69, 9.17) is 5.73 Å². The van der Waals surface area contributed by atoms with Gasteiger partial charge in [0.2, 0.25) is 11.8 Å². The van der Waals surface area contributed by atoms with Crippen LogP contribution < -0.4 is 11.1 Å². The number of nitrogens with zero attached hydrogens (tertiary/aromatic N) is 3. The third kappa shape index (κ3) is 5.37. The van der Waals surface area contributed by atoms with Crippen molar-refractivity contribution in [2.24, 2.45) is 5.73 Å². The van der Waals surface area contributed by atoms with Crippen LogP contribution in [0.5, 0.6) is 0 Å². The van der Waals surface area contributed by atoms with Gasteiger partial charge >= 0.3 is 0 Å². The van der Waals surface area contributed by atoms with Crippen molar-refractivity contribution in [1.29, 1.82) is 0 Å². The molecule has 3 N–H and O–H groups in total. The summed E-state index contributed by atoms with van der Waals surface area (Å²) in [6.07, 6.45) is 6.36. The standard InChI is InChI=1S/C29H29N5O2/c30-28(35)26(16-21-6-2-1-3-7-21)32-29(36)27-17-23-8-4-5-9-24(23)19-34(27)18-22-10-12-25(13-11-22)33-15-14-31-20-33/h1-15,20,26-27H,16-19H2,(H2,30,35)(H,32,36)/t26-,27?/m0/s1. The number of hydrogen-bond donors (Lipinski definition) is 2. The summed E-state index contributed by atoms with van der Waals surface area (Å²) in [5, 5.41) is 2.94. The third-order valence-electron chi connectivity index (χ3n) is 6.72. The highest BCUT2D eigenvalue weighted by Crippen LogP contribution is 2.26. The Kier molecular flexibility index (Phi) is 6.91. The first kappa shape index (κ1) is 23.5. The van der Waals surface area contributed by atoms with E-state index in [0.717, 1.165) is 22.4 Å². The molecule has 1 aliphatic heterocycles. The van der Waals surface area contributed by atoms with Crippen molar-refractivity contribution in [3.8, 4) is 5.69 Å². The SMILES string of the molecule is NC(=O)[C@H](Cc1ccccc1)NC(=O)C1Cc2ccccc2CN1Cc1ccc(-n2ccnc2)cc1. The van der Waals surface area contributed by atoms with Crippen molar-refractivity contribution < 1.29 is 9.59 Å². The van der Waals surface area contributed by atoms with E-state index >= 15 is 0 Å². The molecule has 7 nitrogen and oxygen atoms in total. The van der Waals surface area contributed by atoms with Crippen LogP contribution in [0.1, 0.15) is 22.3 Å². The molecule has 0 saturated heterocycles. The van der Waals surface area contributed by atoms with Gasteiger partial charge in [-0.2, -0.15) is 0 Å². The number of nitrogens with two attached hydrogens (primary N) is 1. The van der Waals surface area contributed by atoms with Gasteiger partial charge in [0.15, 0.2) is 0 Å². The van der Waals surface area contributed by atoms with E-state index < -0.39 is 18.0 Å². The summed E-state index contributed by atoms with van der Waals surface area (Å²) in [7, 11) is 0. The van der Waals surface area contributed by atoms with Gasteiger partial charge in [-0.25, -0.2) is 4.98 Å². The lowest BCUT2D eigenvalue weighted by molar-refractivity contribution is -0.131. The minimum Gasteiger partial charge on any atom is -0.368 e. The van der Waals surface area contributed by atoms with E-state index in [9.17, 15) is 9.59 Å². The fourth-order valence-electron chi connectivity index (χ4n) is 4.76. The first-order valence-corrected chi connectivity index (χ1v) is 12.1. The summed E-state index contributed by atoms with van der Waals surface area (Å²) in [4.78, 5) is 32.0. The third-order valence-corrected chi connectivity index (χ3v) is 6.72. The molecular weight excluding hydrogens is 450 g/mol. The number of benzene rings is 3. The molecule has 0 spiro atoms. The molecule has 36 heavy (non-hydrogen) atoms. The number of amides is 2. The molecule has 7 heteroatoms. The second-order valence-electron chi connectivity index (χ2n) is 9.18. The van der Waals surface area contributed by atoms with Crippen molar-refractivity contribution in [3.63, 3.8) is 0 Å². The van der Waals surface area contributed by atoms with Crippen molar-refractivity contribution in [2.75, 3.05) is 0 Å². The van der Waals surface area contributed by atoms with Crippen molar-refractivity contribution in [1.82, 2.24) is 19.8 Å². The number of fused-ring (bicyclic) bond motifs is 1. The Morgan fingerprint density at radius 2 is 1.67 bits per heavy atom. The van der Waals surface area contributed by atoms with Gasteiger partial charge in [-0.05, 0) is 40.8 Å². The molecule has 2 amide bonds. The molecule has 182 valence electrons. The highest BCUT2D eigenvalue weighted by atomic mass is 16.2. The maximum Gasteiger partial charge on any atom is 0.240 e. The number of hydrogen-bond acceptors (Lipinski definition) is 4. The molecule has 0 saturated carbocycles. The molecule has 1 unspecified atom stereocenters. The van der Waals surface area contributed by atoms with Crippen molar-refractivity contribution in [3.05, 3.63) is 120 Å². The Morgan fingerprint density at radius 3 is 2.36 bits per heavy atom. The molecule has 0 radical (unpaired) electrons. The summed E-state index contributed by atoms with van der Waals surface area (Å²) in [6, 6.07) is 24.9. The van der Waals surface area contributed by atoms with E-state index in [0.29, 0.717) is 25.9 Å². The van der Waals surface area contributed by atoms with E-state index in [1.807, 2.05) is 65.4 Å². The van der Waals surface area contributed by atoms with Gasteiger partial charge in [0.25, 0.3) is 0 Å². The summed E-state index contributed by atoms with van der Waals surface area (Å²) < 4.78 is 1.95. The van der Waals surface area contributed by atoms with Crippen LogP contribution in [0.25, 0.3) is 5.69 Å². The van der Waals surface area contributed by atoms with Crippen LogP contribution in [0.15, 0.2) is 97.6 Å². The maximum absolute atomic E-state index is 13.6. The van der Waals surface area contributed by atoms with Crippen LogP contribution in [-0.2, 0) is 35.5 Å². The number of primary amides is 1. The maximum atomic E-state index is 13.6. The van der Waals surface area contributed by atoms with Gasteiger partial charge in [0.05, 0.1) is 12.4 Å². The molecule has 1 aliphatic rings. The average Bonchev–Trinajstić information content (AvgIpc) is 3.44. The lowest BCUT2D eigenvalue weighted by atomic mass is 9.92. The molecule has 0 aliphatic carbocycles. The smallest absolute Gasteiger partial charge is 0.240 e. The fourth-order valence-corrected chi connectivity index (χ4v) is 4.76. The minimum absolute atomic E-state index is 0.181. The van der Waals surface area contributed by atoms with E-state index in [1.165, 1.54) is 5.56 Å². The second kappa shape index (κ2) is 10.6. The summed E-state index contributed by atoms with van der Waals surface area (Å²) in [6.45, 7) is 1.26. The van der Waals surface area contributed by atoms with E-state index in [1.54, 1.807) is 12.5 Å². The molecule has 0 bridgehead atoms. The van der Waals surface area contributed by atoms with E-state index in [-0.39, 0.29) is 5.91 Å². The predicted molar refractivity (Wildman–Crippen MR) is 138 cm³/mol. The molecular formula is C29H29N5O2. The molecule has 2 heterocycles. The van der Waals surface area contributed by atoms with Crippen LogP contribution in [0, 0.1) is 0 Å². The first-order valence-electron chi connectivity index (χ1n) is 12.1. The van der Waals surface area contributed by atoms with Crippen LogP contribution in [0.4, 0.5) is 0 Å². The summed E-state index contributed by atoms with van der Waals surface area (Å²) in [5.74, 6) is -0.718. The zero-order valence-corrected chi connectivity index (χ0v) is 20.0. The van der Waals surface area contributed by atoms with Gasteiger partial charge in [-0.3, -0.25) is 14.5 Å². The monoisotopic (exact) mass is 479 g/mol.